The first-order valence-corrected chi connectivity index (χ1v) is 8.60. The normalized spacial score (nSPS) is 37.9. The second-order valence-corrected chi connectivity index (χ2v) is 7.22. The molecule has 4 aliphatic rings. The van der Waals surface area contributed by atoms with Crippen LogP contribution in [-0.4, -0.2) is 49.4 Å². The van der Waals surface area contributed by atoms with Crippen LogP contribution in [0.15, 0.2) is 36.4 Å². The topological polar surface area (TPSA) is 68.4 Å². The average molecular weight is 341 g/mol. The Kier molecular flexibility index (Phi) is 3.20. The van der Waals surface area contributed by atoms with Crippen LogP contribution in [0.4, 0.5) is 5.69 Å². The lowest BCUT2D eigenvalue weighted by Gasteiger charge is -2.28. The SMILES string of the molecule is Cc1ccc(N2C(=O)[C@H]3[C@@H]4C=C[C@](COC[C@@H]5CO5)(O4)[C@H]3C2=O)cc1. The van der Waals surface area contributed by atoms with Gasteiger partial charge in [0, 0.05) is 0 Å². The Bertz CT molecular complexity index is 769. The van der Waals surface area contributed by atoms with Crippen molar-refractivity contribution in [3.63, 3.8) is 0 Å². The van der Waals surface area contributed by atoms with Crippen LogP contribution < -0.4 is 4.90 Å². The van der Waals surface area contributed by atoms with E-state index in [1.54, 1.807) is 0 Å². The summed E-state index contributed by atoms with van der Waals surface area (Å²) in [7, 11) is 0. The Labute approximate surface area is 145 Å². The third kappa shape index (κ3) is 2.21. The predicted molar refractivity (Wildman–Crippen MR) is 88.0 cm³/mol. The fraction of sp³-hybridized carbons (Fsp3) is 0.474. The number of imide groups is 1. The van der Waals surface area contributed by atoms with E-state index >= 15 is 0 Å². The van der Waals surface area contributed by atoms with Gasteiger partial charge < -0.3 is 14.2 Å². The number of anilines is 1. The predicted octanol–water partition coefficient (Wildman–Crippen LogP) is 1.22. The first kappa shape index (κ1) is 15.3. The van der Waals surface area contributed by atoms with Gasteiger partial charge in [-0.3, -0.25) is 9.59 Å². The van der Waals surface area contributed by atoms with Crippen molar-refractivity contribution < 1.29 is 23.8 Å². The van der Waals surface area contributed by atoms with E-state index < -0.39 is 17.4 Å². The Balaban J connectivity index is 1.43. The van der Waals surface area contributed by atoms with Gasteiger partial charge in [-0.25, -0.2) is 4.90 Å². The second kappa shape index (κ2) is 5.24. The number of rotatable bonds is 5. The number of hydrogen-bond acceptors (Lipinski definition) is 5. The van der Waals surface area contributed by atoms with E-state index in [0.717, 1.165) is 12.2 Å². The molecule has 4 heterocycles. The number of ether oxygens (including phenoxy) is 3. The molecule has 5 atom stereocenters. The van der Waals surface area contributed by atoms with Gasteiger partial charge in [-0.1, -0.05) is 29.8 Å². The van der Waals surface area contributed by atoms with Crippen LogP contribution in [0.5, 0.6) is 0 Å². The summed E-state index contributed by atoms with van der Waals surface area (Å²) >= 11 is 0. The molecule has 3 saturated heterocycles. The average Bonchev–Trinajstić information content (AvgIpc) is 3.15. The van der Waals surface area contributed by atoms with Crippen molar-refractivity contribution in [2.24, 2.45) is 11.8 Å². The minimum absolute atomic E-state index is 0.153. The highest BCUT2D eigenvalue weighted by Gasteiger charge is 2.67. The van der Waals surface area contributed by atoms with Crippen molar-refractivity contribution in [2.75, 3.05) is 24.7 Å². The first-order valence-electron chi connectivity index (χ1n) is 8.60. The number of carbonyl (C=O) groups is 2. The molecule has 4 aliphatic heterocycles. The maximum atomic E-state index is 13.1. The number of aryl methyl sites for hydroxylation is 1. The zero-order valence-electron chi connectivity index (χ0n) is 13.9. The third-order valence-electron chi connectivity index (χ3n) is 5.48. The Morgan fingerprint density at radius 1 is 1.24 bits per heavy atom. The van der Waals surface area contributed by atoms with Crippen molar-refractivity contribution >= 4 is 17.5 Å². The highest BCUT2D eigenvalue weighted by atomic mass is 16.6. The molecule has 5 rings (SSSR count). The number of fused-ring (bicyclic) bond motifs is 5. The van der Waals surface area contributed by atoms with Gasteiger partial charge in [-0.15, -0.1) is 0 Å². The van der Waals surface area contributed by atoms with Crippen LogP contribution in [0.25, 0.3) is 0 Å². The van der Waals surface area contributed by atoms with Gasteiger partial charge in [0.05, 0.1) is 43.4 Å². The molecule has 2 amide bonds. The lowest BCUT2D eigenvalue weighted by molar-refractivity contribution is -0.129. The van der Waals surface area contributed by atoms with Crippen LogP contribution in [-0.2, 0) is 23.8 Å². The summed E-state index contributed by atoms with van der Waals surface area (Å²) in [5.74, 6) is -1.35. The molecule has 0 N–H and O–H groups in total. The lowest BCUT2D eigenvalue weighted by Crippen LogP contribution is -2.44. The van der Waals surface area contributed by atoms with Gasteiger partial charge in [0.25, 0.3) is 0 Å². The third-order valence-corrected chi connectivity index (χ3v) is 5.48. The number of carbonyl (C=O) groups excluding carboxylic acids is 2. The van der Waals surface area contributed by atoms with E-state index in [4.69, 9.17) is 14.2 Å². The van der Waals surface area contributed by atoms with Crippen LogP contribution in [0.2, 0.25) is 0 Å². The van der Waals surface area contributed by atoms with Crippen molar-refractivity contribution in [2.45, 2.75) is 24.7 Å². The summed E-state index contributed by atoms with van der Waals surface area (Å²) in [6, 6.07) is 7.44. The van der Waals surface area contributed by atoms with Crippen LogP contribution in [0.3, 0.4) is 0 Å². The Hall–Kier alpha value is -2.02. The van der Waals surface area contributed by atoms with Crippen molar-refractivity contribution in [1.29, 1.82) is 0 Å². The Morgan fingerprint density at radius 2 is 2.00 bits per heavy atom. The number of hydrogen-bond donors (Lipinski definition) is 0. The molecule has 1 aromatic rings. The van der Waals surface area contributed by atoms with Gasteiger partial charge in [0.2, 0.25) is 11.8 Å². The standard InChI is InChI=1S/C19H19NO5/c1-11-2-4-12(5-3-11)20-17(21)15-14-6-7-19(25-14,16(15)18(20)22)10-23-8-13-9-24-13/h2-7,13-16H,8-10H2,1H3/t13-,14+,15+,16-,19-/m1/s1. The van der Waals surface area contributed by atoms with Gasteiger partial charge in [-0.05, 0) is 19.1 Å². The first-order chi connectivity index (χ1) is 12.1. The monoisotopic (exact) mass is 341 g/mol. The molecule has 0 saturated carbocycles. The summed E-state index contributed by atoms with van der Waals surface area (Å²) in [6.45, 7) is 3.45. The van der Waals surface area contributed by atoms with E-state index in [1.807, 2.05) is 43.3 Å². The highest BCUT2D eigenvalue weighted by Crippen LogP contribution is 2.52. The summed E-state index contributed by atoms with van der Waals surface area (Å²) < 4.78 is 16.9. The molecule has 1 aromatic carbocycles. The molecule has 0 radical (unpaired) electrons. The van der Waals surface area contributed by atoms with E-state index in [9.17, 15) is 9.59 Å². The van der Waals surface area contributed by atoms with Crippen LogP contribution in [0, 0.1) is 18.8 Å². The molecule has 0 aromatic heterocycles. The quantitative estimate of drug-likeness (QED) is 0.458. The molecular weight excluding hydrogens is 322 g/mol. The van der Waals surface area contributed by atoms with E-state index in [-0.39, 0.29) is 30.6 Å². The van der Waals surface area contributed by atoms with E-state index in [0.29, 0.717) is 12.3 Å². The molecule has 0 spiro atoms. The lowest BCUT2D eigenvalue weighted by atomic mass is 9.77. The van der Waals surface area contributed by atoms with Crippen molar-refractivity contribution in [3.05, 3.63) is 42.0 Å². The Morgan fingerprint density at radius 3 is 2.72 bits per heavy atom. The molecule has 130 valence electrons. The van der Waals surface area contributed by atoms with Crippen LogP contribution in [0.1, 0.15) is 5.56 Å². The summed E-state index contributed by atoms with van der Waals surface area (Å²) in [5.41, 5.74) is 0.869. The van der Waals surface area contributed by atoms with Gasteiger partial charge in [0.1, 0.15) is 11.7 Å². The largest absolute Gasteiger partial charge is 0.375 e. The molecule has 2 bridgehead atoms. The minimum atomic E-state index is -0.837. The molecule has 6 nitrogen and oxygen atoms in total. The van der Waals surface area contributed by atoms with E-state index in [2.05, 4.69) is 0 Å². The van der Waals surface area contributed by atoms with E-state index in [1.165, 1.54) is 4.90 Å². The van der Waals surface area contributed by atoms with Crippen molar-refractivity contribution in [3.8, 4) is 0 Å². The molecule has 6 heteroatoms. The zero-order chi connectivity index (χ0) is 17.2. The number of benzene rings is 1. The molecule has 25 heavy (non-hydrogen) atoms. The summed E-state index contributed by atoms with van der Waals surface area (Å²) in [5, 5.41) is 0. The second-order valence-electron chi connectivity index (χ2n) is 7.22. The smallest absolute Gasteiger partial charge is 0.241 e. The summed E-state index contributed by atoms with van der Waals surface area (Å²) in [6.07, 6.45) is 3.59. The maximum absolute atomic E-state index is 13.1. The minimum Gasteiger partial charge on any atom is -0.375 e. The molecule has 0 unspecified atom stereocenters. The molecule has 0 aliphatic carbocycles. The number of amides is 2. The molecular formula is C19H19NO5. The van der Waals surface area contributed by atoms with Gasteiger partial charge >= 0.3 is 0 Å². The van der Waals surface area contributed by atoms with Crippen LogP contribution >= 0.6 is 0 Å². The van der Waals surface area contributed by atoms with Crippen molar-refractivity contribution in [1.82, 2.24) is 0 Å². The van der Waals surface area contributed by atoms with Gasteiger partial charge in [-0.2, -0.15) is 0 Å². The fourth-order valence-corrected chi connectivity index (χ4v) is 4.13. The maximum Gasteiger partial charge on any atom is 0.241 e. The van der Waals surface area contributed by atoms with Gasteiger partial charge in [0.15, 0.2) is 0 Å². The summed E-state index contributed by atoms with van der Waals surface area (Å²) in [4.78, 5) is 27.4. The number of epoxide rings is 1. The number of nitrogens with zero attached hydrogens (tertiary/aromatic N) is 1. The highest BCUT2D eigenvalue weighted by molar-refractivity contribution is 6.23. The zero-order valence-corrected chi connectivity index (χ0v) is 13.9. The molecule has 3 fully saturated rings. The fourth-order valence-electron chi connectivity index (χ4n) is 4.13.